The third-order valence-corrected chi connectivity index (χ3v) is 3.43. The van der Waals surface area contributed by atoms with E-state index in [0.717, 1.165) is 45.6 Å². The van der Waals surface area contributed by atoms with Crippen LogP contribution in [0.5, 0.6) is 0 Å². The smallest absolute Gasteiger partial charge is 0.308 e. The lowest BCUT2D eigenvalue weighted by atomic mass is 9.96. The SMILES string of the molecule is CCNCC(C)CN1CCC(C(=O)OC)CC1. The van der Waals surface area contributed by atoms with Gasteiger partial charge in [0.2, 0.25) is 0 Å². The zero-order chi connectivity index (χ0) is 12.7. The number of carbonyl (C=O) groups excluding carboxylic acids is 1. The van der Waals surface area contributed by atoms with E-state index < -0.39 is 0 Å². The lowest BCUT2D eigenvalue weighted by Crippen LogP contribution is -2.40. The van der Waals surface area contributed by atoms with Gasteiger partial charge in [-0.25, -0.2) is 0 Å². The van der Waals surface area contributed by atoms with E-state index in [4.69, 9.17) is 4.74 Å². The Balaban J connectivity index is 2.20. The first kappa shape index (κ1) is 14.5. The minimum absolute atomic E-state index is 0.0367. The van der Waals surface area contributed by atoms with Crippen LogP contribution in [0.15, 0.2) is 0 Å². The summed E-state index contributed by atoms with van der Waals surface area (Å²) in [5, 5.41) is 3.37. The number of esters is 1. The molecule has 1 aliphatic rings. The van der Waals surface area contributed by atoms with E-state index in [1.165, 1.54) is 7.11 Å². The van der Waals surface area contributed by atoms with Crippen molar-refractivity contribution in [1.82, 2.24) is 10.2 Å². The summed E-state index contributed by atoms with van der Waals surface area (Å²) in [4.78, 5) is 13.8. The molecule has 0 aromatic carbocycles. The molecule has 1 aliphatic heterocycles. The van der Waals surface area contributed by atoms with Gasteiger partial charge in [-0.2, -0.15) is 0 Å². The van der Waals surface area contributed by atoms with E-state index in [0.29, 0.717) is 5.92 Å². The Hall–Kier alpha value is -0.610. The van der Waals surface area contributed by atoms with Crippen molar-refractivity contribution in [2.75, 3.05) is 39.8 Å². The van der Waals surface area contributed by atoms with Crippen molar-refractivity contribution in [2.24, 2.45) is 11.8 Å². The molecule has 1 rings (SSSR count). The molecule has 17 heavy (non-hydrogen) atoms. The van der Waals surface area contributed by atoms with Crippen molar-refractivity contribution < 1.29 is 9.53 Å². The Labute approximate surface area is 105 Å². The normalized spacial score (nSPS) is 20.2. The third kappa shape index (κ3) is 5.04. The van der Waals surface area contributed by atoms with Crippen molar-refractivity contribution in [3.05, 3.63) is 0 Å². The summed E-state index contributed by atoms with van der Waals surface area (Å²) in [6, 6.07) is 0. The van der Waals surface area contributed by atoms with Crippen LogP contribution < -0.4 is 5.32 Å². The molecule has 0 radical (unpaired) electrons. The maximum Gasteiger partial charge on any atom is 0.308 e. The highest BCUT2D eigenvalue weighted by atomic mass is 16.5. The molecular weight excluding hydrogens is 216 g/mol. The highest BCUT2D eigenvalue weighted by molar-refractivity contribution is 5.72. The van der Waals surface area contributed by atoms with Crippen LogP contribution >= 0.6 is 0 Å². The number of carbonyl (C=O) groups is 1. The van der Waals surface area contributed by atoms with Gasteiger partial charge in [-0.15, -0.1) is 0 Å². The van der Waals surface area contributed by atoms with Gasteiger partial charge in [0, 0.05) is 6.54 Å². The van der Waals surface area contributed by atoms with Gasteiger partial charge in [0.05, 0.1) is 13.0 Å². The van der Waals surface area contributed by atoms with Gasteiger partial charge in [0.25, 0.3) is 0 Å². The molecule has 0 saturated carbocycles. The molecule has 0 amide bonds. The lowest BCUT2D eigenvalue weighted by Gasteiger charge is -2.32. The molecule has 1 saturated heterocycles. The molecule has 100 valence electrons. The molecule has 0 aliphatic carbocycles. The lowest BCUT2D eigenvalue weighted by molar-refractivity contribution is -0.147. The molecular formula is C13H26N2O2. The Kier molecular flexibility index (Phi) is 6.52. The number of likely N-dealkylation sites (tertiary alicyclic amines) is 1. The second kappa shape index (κ2) is 7.67. The number of hydrogen-bond acceptors (Lipinski definition) is 4. The second-order valence-corrected chi connectivity index (χ2v) is 5.01. The van der Waals surface area contributed by atoms with E-state index in [1.54, 1.807) is 0 Å². The molecule has 1 unspecified atom stereocenters. The number of rotatable bonds is 6. The van der Waals surface area contributed by atoms with Crippen LogP contribution in [0.1, 0.15) is 26.7 Å². The monoisotopic (exact) mass is 242 g/mol. The van der Waals surface area contributed by atoms with Crippen molar-refractivity contribution in [3.8, 4) is 0 Å². The topological polar surface area (TPSA) is 41.6 Å². The summed E-state index contributed by atoms with van der Waals surface area (Å²) in [6.45, 7) is 9.69. The number of nitrogens with one attached hydrogen (secondary N) is 1. The van der Waals surface area contributed by atoms with Gasteiger partial charge < -0.3 is 15.0 Å². The highest BCUT2D eigenvalue weighted by Crippen LogP contribution is 2.19. The summed E-state index contributed by atoms with van der Waals surface area (Å²) in [7, 11) is 1.48. The minimum atomic E-state index is -0.0367. The number of hydrogen-bond donors (Lipinski definition) is 1. The van der Waals surface area contributed by atoms with Gasteiger partial charge >= 0.3 is 5.97 Å². The first-order valence-corrected chi connectivity index (χ1v) is 6.68. The fourth-order valence-electron chi connectivity index (χ4n) is 2.41. The second-order valence-electron chi connectivity index (χ2n) is 5.01. The van der Waals surface area contributed by atoms with E-state index in [-0.39, 0.29) is 11.9 Å². The summed E-state index contributed by atoms with van der Waals surface area (Å²) < 4.78 is 4.79. The Morgan fingerprint density at radius 1 is 1.47 bits per heavy atom. The van der Waals surface area contributed by atoms with E-state index in [1.807, 2.05) is 0 Å². The Bertz CT molecular complexity index is 225. The molecule has 0 bridgehead atoms. The fraction of sp³-hybridized carbons (Fsp3) is 0.923. The first-order valence-electron chi connectivity index (χ1n) is 6.68. The number of nitrogens with zero attached hydrogens (tertiary/aromatic N) is 1. The summed E-state index contributed by atoms with van der Waals surface area (Å²) in [5.74, 6) is 0.760. The average molecular weight is 242 g/mol. The van der Waals surface area contributed by atoms with Crippen LogP contribution in [0.2, 0.25) is 0 Å². The zero-order valence-electron chi connectivity index (χ0n) is 11.4. The summed E-state index contributed by atoms with van der Waals surface area (Å²) in [6.07, 6.45) is 1.89. The summed E-state index contributed by atoms with van der Waals surface area (Å²) >= 11 is 0. The van der Waals surface area contributed by atoms with Crippen molar-refractivity contribution in [1.29, 1.82) is 0 Å². The molecule has 1 N–H and O–H groups in total. The van der Waals surface area contributed by atoms with Gasteiger partial charge in [-0.05, 0) is 44.9 Å². The van der Waals surface area contributed by atoms with Crippen LogP contribution in [-0.4, -0.2) is 50.7 Å². The fourth-order valence-corrected chi connectivity index (χ4v) is 2.41. The third-order valence-electron chi connectivity index (χ3n) is 3.43. The average Bonchev–Trinajstić information content (AvgIpc) is 2.36. The first-order chi connectivity index (χ1) is 8.17. The predicted molar refractivity (Wildman–Crippen MR) is 68.9 cm³/mol. The maximum absolute atomic E-state index is 11.4. The van der Waals surface area contributed by atoms with Crippen molar-refractivity contribution >= 4 is 5.97 Å². The van der Waals surface area contributed by atoms with Gasteiger partial charge in [0.1, 0.15) is 0 Å². The van der Waals surface area contributed by atoms with Gasteiger partial charge in [0.15, 0.2) is 0 Å². The molecule has 0 aromatic rings. The Morgan fingerprint density at radius 2 is 2.12 bits per heavy atom. The minimum Gasteiger partial charge on any atom is -0.469 e. The molecule has 0 aromatic heterocycles. The molecule has 1 atom stereocenters. The summed E-state index contributed by atoms with van der Waals surface area (Å²) in [5.41, 5.74) is 0. The highest BCUT2D eigenvalue weighted by Gasteiger charge is 2.25. The maximum atomic E-state index is 11.4. The van der Waals surface area contributed by atoms with E-state index >= 15 is 0 Å². The van der Waals surface area contributed by atoms with E-state index in [9.17, 15) is 4.79 Å². The van der Waals surface area contributed by atoms with Gasteiger partial charge in [-0.3, -0.25) is 4.79 Å². The molecule has 1 fully saturated rings. The number of ether oxygens (including phenoxy) is 1. The zero-order valence-corrected chi connectivity index (χ0v) is 11.4. The van der Waals surface area contributed by atoms with Gasteiger partial charge in [-0.1, -0.05) is 13.8 Å². The molecule has 4 heteroatoms. The molecule has 0 spiro atoms. The number of methoxy groups -OCH3 is 1. The standard InChI is InChI=1S/C13H26N2O2/c1-4-14-9-11(2)10-15-7-5-12(6-8-15)13(16)17-3/h11-12,14H,4-10H2,1-3H3. The Morgan fingerprint density at radius 3 is 2.65 bits per heavy atom. The molecule has 1 heterocycles. The molecule has 4 nitrogen and oxygen atoms in total. The van der Waals surface area contributed by atoms with Crippen LogP contribution in [0.3, 0.4) is 0 Å². The van der Waals surface area contributed by atoms with Crippen molar-refractivity contribution in [3.63, 3.8) is 0 Å². The van der Waals surface area contributed by atoms with Crippen LogP contribution in [0.4, 0.5) is 0 Å². The predicted octanol–water partition coefficient (Wildman–Crippen LogP) is 1.12. The van der Waals surface area contributed by atoms with Crippen molar-refractivity contribution in [2.45, 2.75) is 26.7 Å². The largest absolute Gasteiger partial charge is 0.469 e. The quantitative estimate of drug-likeness (QED) is 0.709. The van der Waals surface area contributed by atoms with E-state index in [2.05, 4.69) is 24.1 Å². The van der Waals surface area contributed by atoms with Crippen LogP contribution in [0.25, 0.3) is 0 Å². The number of piperidine rings is 1. The van der Waals surface area contributed by atoms with Crippen LogP contribution in [-0.2, 0) is 9.53 Å². The van der Waals surface area contributed by atoms with Crippen LogP contribution in [0, 0.1) is 11.8 Å².